The van der Waals surface area contributed by atoms with E-state index >= 15 is 0 Å². The molecular weight excluding hydrogens is 262 g/mol. The van der Waals surface area contributed by atoms with Crippen molar-refractivity contribution in [3.05, 3.63) is 54.6 Å². The van der Waals surface area contributed by atoms with Gasteiger partial charge in [0.05, 0.1) is 10.6 Å². The molecule has 19 heavy (non-hydrogen) atoms. The van der Waals surface area contributed by atoms with Crippen molar-refractivity contribution >= 4 is 21.1 Å². The number of benzene rings is 1. The highest BCUT2D eigenvalue weighted by molar-refractivity contribution is 7.90. The normalized spacial score (nSPS) is 11.8. The van der Waals surface area contributed by atoms with Crippen LogP contribution in [0.25, 0.3) is 11.0 Å². The lowest BCUT2D eigenvalue weighted by atomic mass is 10.3. The van der Waals surface area contributed by atoms with E-state index in [2.05, 4.69) is 9.97 Å². The van der Waals surface area contributed by atoms with E-state index in [0.29, 0.717) is 5.65 Å². The minimum atomic E-state index is -3.61. The molecule has 0 fully saturated rings. The SMILES string of the molecule is Cc1ncnc2c1ccn2S(=O)(=O)c1ccccc1. The Morgan fingerprint density at radius 1 is 1.05 bits per heavy atom. The fraction of sp³-hybridized carbons (Fsp3) is 0.0769. The summed E-state index contributed by atoms with van der Waals surface area (Å²) in [5.74, 6) is 0. The van der Waals surface area contributed by atoms with E-state index in [-0.39, 0.29) is 4.90 Å². The summed E-state index contributed by atoms with van der Waals surface area (Å²) in [6.07, 6.45) is 2.88. The summed E-state index contributed by atoms with van der Waals surface area (Å²) >= 11 is 0. The molecule has 1 aromatic carbocycles. The molecule has 3 aromatic rings. The Balaban J connectivity index is 2.29. The summed E-state index contributed by atoms with van der Waals surface area (Å²) in [4.78, 5) is 8.36. The van der Waals surface area contributed by atoms with Crippen molar-refractivity contribution in [2.75, 3.05) is 0 Å². The molecular formula is C13H11N3O2S. The fourth-order valence-corrected chi connectivity index (χ4v) is 3.28. The second-order valence-electron chi connectivity index (χ2n) is 4.13. The number of nitrogens with zero attached hydrogens (tertiary/aromatic N) is 3. The van der Waals surface area contributed by atoms with Gasteiger partial charge in [0.25, 0.3) is 10.0 Å². The molecule has 0 unspecified atom stereocenters. The molecule has 0 amide bonds. The van der Waals surface area contributed by atoms with E-state index in [1.807, 2.05) is 6.92 Å². The lowest BCUT2D eigenvalue weighted by Crippen LogP contribution is -2.12. The molecule has 0 radical (unpaired) electrons. The first kappa shape index (κ1) is 11.9. The monoisotopic (exact) mass is 273 g/mol. The molecule has 0 bridgehead atoms. The van der Waals surface area contributed by atoms with E-state index in [1.54, 1.807) is 36.4 Å². The maximum absolute atomic E-state index is 12.5. The molecule has 6 heteroatoms. The van der Waals surface area contributed by atoms with Crippen LogP contribution in [0.5, 0.6) is 0 Å². The van der Waals surface area contributed by atoms with Crippen LogP contribution in [-0.2, 0) is 10.0 Å². The Morgan fingerprint density at radius 3 is 2.53 bits per heavy atom. The summed E-state index contributed by atoms with van der Waals surface area (Å²) in [6.45, 7) is 1.82. The van der Waals surface area contributed by atoms with Crippen LogP contribution in [0.1, 0.15) is 5.69 Å². The van der Waals surface area contributed by atoms with Crippen LogP contribution in [0.2, 0.25) is 0 Å². The predicted octanol–water partition coefficient (Wildman–Crippen LogP) is 1.98. The van der Waals surface area contributed by atoms with Crippen LogP contribution in [0.4, 0.5) is 0 Å². The van der Waals surface area contributed by atoms with E-state index < -0.39 is 10.0 Å². The molecule has 3 rings (SSSR count). The smallest absolute Gasteiger partial charge is 0.241 e. The van der Waals surface area contributed by atoms with Crippen LogP contribution in [0, 0.1) is 6.92 Å². The maximum atomic E-state index is 12.5. The van der Waals surface area contributed by atoms with Gasteiger partial charge in [0, 0.05) is 11.6 Å². The first-order valence-corrected chi connectivity index (χ1v) is 7.14. The van der Waals surface area contributed by atoms with Crippen LogP contribution < -0.4 is 0 Å². The Labute approximate surface area is 110 Å². The van der Waals surface area contributed by atoms with Gasteiger partial charge in [0.2, 0.25) is 0 Å². The zero-order chi connectivity index (χ0) is 13.5. The second-order valence-corrected chi connectivity index (χ2v) is 5.94. The van der Waals surface area contributed by atoms with E-state index in [4.69, 9.17) is 0 Å². The number of hydrogen-bond acceptors (Lipinski definition) is 4. The van der Waals surface area contributed by atoms with Gasteiger partial charge in [-0.1, -0.05) is 18.2 Å². The van der Waals surface area contributed by atoms with Gasteiger partial charge < -0.3 is 0 Å². The van der Waals surface area contributed by atoms with Crippen LogP contribution >= 0.6 is 0 Å². The topological polar surface area (TPSA) is 64.8 Å². The third kappa shape index (κ3) is 1.80. The minimum absolute atomic E-state index is 0.240. The van der Waals surface area contributed by atoms with Crippen LogP contribution in [-0.4, -0.2) is 22.4 Å². The molecule has 2 aromatic heterocycles. The summed E-state index contributed by atoms with van der Waals surface area (Å²) in [7, 11) is -3.61. The lowest BCUT2D eigenvalue weighted by Gasteiger charge is -2.06. The number of aromatic nitrogens is 3. The molecule has 0 spiro atoms. The van der Waals surface area contributed by atoms with Gasteiger partial charge in [-0.3, -0.25) is 0 Å². The van der Waals surface area contributed by atoms with Gasteiger partial charge in [0.15, 0.2) is 5.65 Å². The van der Waals surface area contributed by atoms with Crippen molar-refractivity contribution in [1.29, 1.82) is 0 Å². The van der Waals surface area contributed by atoms with Crippen molar-refractivity contribution < 1.29 is 8.42 Å². The summed E-state index contributed by atoms with van der Waals surface area (Å²) in [5, 5.41) is 0.738. The van der Waals surface area contributed by atoms with Crippen molar-refractivity contribution in [3.63, 3.8) is 0 Å². The molecule has 96 valence electrons. The highest BCUT2D eigenvalue weighted by Gasteiger charge is 2.19. The highest BCUT2D eigenvalue weighted by atomic mass is 32.2. The zero-order valence-corrected chi connectivity index (χ0v) is 11.0. The Bertz CT molecular complexity index is 839. The maximum Gasteiger partial charge on any atom is 0.269 e. The number of rotatable bonds is 2. The molecule has 0 N–H and O–H groups in total. The lowest BCUT2D eigenvalue weighted by molar-refractivity contribution is 0.588. The average Bonchev–Trinajstić information content (AvgIpc) is 2.86. The molecule has 0 aliphatic carbocycles. The third-order valence-corrected chi connectivity index (χ3v) is 4.63. The van der Waals surface area contributed by atoms with Crippen molar-refractivity contribution in [3.8, 4) is 0 Å². The standard InChI is InChI=1S/C13H11N3O2S/c1-10-12-7-8-16(13(12)15-9-14-10)19(17,18)11-5-3-2-4-6-11/h2-9H,1H3. The molecule has 0 aliphatic heterocycles. The first-order valence-electron chi connectivity index (χ1n) is 5.70. The molecule has 5 nitrogen and oxygen atoms in total. The molecule has 0 atom stereocenters. The first-order chi connectivity index (χ1) is 9.10. The van der Waals surface area contributed by atoms with Crippen LogP contribution in [0.15, 0.2) is 53.8 Å². The van der Waals surface area contributed by atoms with Gasteiger partial charge in [0.1, 0.15) is 6.33 Å². The molecule has 2 heterocycles. The van der Waals surface area contributed by atoms with Gasteiger partial charge in [-0.15, -0.1) is 0 Å². The molecule has 0 aliphatic rings. The Morgan fingerprint density at radius 2 is 1.79 bits per heavy atom. The third-order valence-electron chi connectivity index (χ3n) is 2.95. The minimum Gasteiger partial charge on any atom is -0.241 e. The van der Waals surface area contributed by atoms with Crippen molar-refractivity contribution in [2.24, 2.45) is 0 Å². The zero-order valence-electron chi connectivity index (χ0n) is 10.2. The average molecular weight is 273 g/mol. The van der Waals surface area contributed by atoms with E-state index in [1.165, 1.54) is 16.5 Å². The van der Waals surface area contributed by atoms with E-state index in [9.17, 15) is 8.42 Å². The Hall–Kier alpha value is -2.21. The van der Waals surface area contributed by atoms with Gasteiger partial charge >= 0.3 is 0 Å². The van der Waals surface area contributed by atoms with Gasteiger partial charge in [-0.2, -0.15) is 0 Å². The molecule has 0 saturated heterocycles. The predicted molar refractivity (Wildman–Crippen MR) is 71.3 cm³/mol. The summed E-state index contributed by atoms with van der Waals surface area (Å²) < 4.78 is 26.2. The highest BCUT2D eigenvalue weighted by Crippen LogP contribution is 2.21. The van der Waals surface area contributed by atoms with Crippen molar-refractivity contribution in [2.45, 2.75) is 11.8 Å². The molecule has 0 saturated carbocycles. The largest absolute Gasteiger partial charge is 0.269 e. The number of aryl methyl sites for hydroxylation is 1. The quantitative estimate of drug-likeness (QED) is 0.716. The number of hydrogen-bond donors (Lipinski definition) is 0. The Kier molecular flexibility index (Phi) is 2.60. The van der Waals surface area contributed by atoms with E-state index in [0.717, 1.165) is 11.1 Å². The van der Waals surface area contributed by atoms with Gasteiger partial charge in [-0.05, 0) is 25.1 Å². The van der Waals surface area contributed by atoms with Crippen molar-refractivity contribution in [1.82, 2.24) is 13.9 Å². The van der Waals surface area contributed by atoms with Gasteiger partial charge in [-0.25, -0.2) is 22.4 Å². The summed E-state index contributed by atoms with van der Waals surface area (Å²) in [6, 6.07) is 10.0. The fourth-order valence-electron chi connectivity index (χ4n) is 1.95. The summed E-state index contributed by atoms with van der Waals surface area (Å²) in [5.41, 5.74) is 1.16. The number of fused-ring (bicyclic) bond motifs is 1. The van der Waals surface area contributed by atoms with Crippen LogP contribution in [0.3, 0.4) is 0 Å². The second kappa shape index (κ2) is 4.17.